The van der Waals surface area contributed by atoms with E-state index in [2.05, 4.69) is 16.4 Å². The molecule has 3 aromatic rings. The maximum absolute atomic E-state index is 12.6. The minimum absolute atomic E-state index is 0.170. The zero-order valence-electron chi connectivity index (χ0n) is 15.8. The number of H-pyrrole nitrogens is 1. The molecule has 30 heavy (non-hydrogen) atoms. The van der Waals surface area contributed by atoms with Gasteiger partial charge in [0.05, 0.1) is 35.8 Å². The van der Waals surface area contributed by atoms with Crippen LogP contribution < -0.4 is 10.1 Å². The van der Waals surface area contributed by atoms with Gasteiger partial charge in [0.15, 0.2) is 0 Å². The molecule has 1 fully saturated rings. The molecule has 1 aliphatic rings. The van der Waals surface area contributed by atoms with Crippen LogP contribution in [-0.4, -0.2) is 17.5 Å². The second-order valence-electron chi connectivity index (χ2n) is 7.27. The molecule has 1 aliphatic carbocycles. The number of aromatic nitrogens is 1. The van der Waals surface area contributed by atoms with Crippen LogP contribution in [0.3, 0.4) is 0 Å². The number of nitriles is 1. The maximum atomic E-state index is 12.6. The molecule has 0 unspecified atom stereocenters. The van der Waals surface area contributed by atoms with E-state index in [0.717, 1.165) is 28.6 Å². The van der Waals surface area contributed by atoms with E-state index >= 15 is 0 Å². The number of anilines is 1. The Bertz CT molecular complexity index is 1110. The Morgan fingerprint density at radius 2 is 2.00 bits per heavy atom. The van der Waals surface area contributed by atoms with Gasteiger partial charge in [-0.2, -0.15) is 18.4 Å². The summed E-state index contributed by atoms with van der Waals surface area (Å²) in [6.07, 6.45) is -1.60. The monoisotopic (exact) mass is 413 g/mol. The molecule has 1 heterocycles. The molecular weight excluding hydrogens is 395 g/mol. The summed E-state index contributed by atoms with van der Waals surface area (Å²) in [6, 6.07) is 12.5. The number of rotatable bonds is 6. The normalized spacial score (nSPS) is 18.1. The molecule has 0 saturated heterocycles. The van der Waals surface area contributed by atoms with Gasteiger partial charge in [-0.15, -0.1) is 0 Å². The molecule has 1 amide bonds. The number of fused-ring (bicyclic) bond motifs is 1. The van der Waals surface area contributed by atoms with Gasteiger partial charge in [-0.25, -0.2) is 0 Å². The predicted octanol–water partition coefficient (Wildman–Crippen LogP) is 4.91. The van der Waals surface area contributed by atoms with E-state index in [9.17, 15) is 18.0 Å². The highest BCUT2D eigenvalue weighted by atomic mass is 19.4. The Morgan fingerprint density at radius 1 is 1.23 bits per heavy atom. The van der Waals surface area contributed by atoms with Crippen LogP contribution in [0.1, 0.15) is 17.5 Å². The first kappa shape index (κ1) is 19.8. The molecule has 2 N–H and O–H groups in total. The second-order valence-corrected chi connectivity index (χ2v) is 7.27. The minimum atomic E-state index is -4.34. The fourth-order valence-electron chi connectivity index (χ4n) is 3.29. The van der Waals surface area contributed by atoms with Crippen LogP contribution in [-0.2, 0) is 17.4 Å². The van der Waals surface area contributed by atoms with Crippen molar-refractivity contribution in [2.75, 3.05) is 11.9 Å². The Balaban J connectivity index is 1.38. The highest BCUT2D eigenvalue weighted by Gasteiger charge is 2.43. The van der Waals surface area contributed by atoms with E-state index in [4.69, 9.17) is 10.00 Å². The van der Waals surface area contributed by atoms with Crippen LogP contribution in [0.4, 0.5) is 18.9 Å². The van der Waals surface area contributed by atoms with Crippen molar-refractivity contribution >= 4 is 22.5 Å². The van der Waals surface area contributed by atoms with Crippen molar-refractivity contribution in [3.8, 4) is 11.8 Å². The summed E-state index contributed by atoms with van der Waals surface area (Å²) in [5, 5.41) is 12.5. The van der Waals surface area contributed by atoms with Crippen molar-refractivity contribution in [2.45, 2.75) is 19.0 Å². The Morgan fingerprint density at radius 3 is 2.67 bits per heavy atom. The first-order valence-corrected chi connectivity index (χ1v) is 9.45. The van der Waals surface area contributed by atoms with Gasteiger partial charge in [0.1, 0.15) is 5.75 Å². The summed E-state index contributed by atoms with van der Waals surface area (Å²) in [5.41, 5.74) is 1.52. The Labute approximate surface area is 170 Å². The van der Waals surface area contributed by atoms with E-state index in [-0.39, 0.29) is 17.7 Å². The minimum Gasteiger partial charge on any atom is -0.493 e. The number of nitrogens with zero attached hydrogens (tertiary/aromatic N) is 1. The predicted molar refractivity (Wildman–Crippen MR) is 105 cm³/mol. The largest absolute Gasteiger partial charge is 0.493 e. The first-order valence-electron chi connectivity index (χ1n) is 9.45. The lowest BCUT2D eigenvalue weighted by atomic mass is 10.1. The highest BCUT2D eigenvalue weighted by Crippen LogP contribution is 2.39. The molecule has 2 atom stereocenters. The number of hydrogen-bond donors (Lipinski definition) is 2. The van der Waals surface area contributed by atoms with Crippen molar-refractivity contribution in [1.29, 1.82) is 5.26 Å². The van der Waals surface area contributed by atoms with Crippen molar-refractivity contribution in [3.63, 3.8) is 0 Å². The van der Waals surface area contributed by atoms with Gasteiger partial charge in [-0.3, -0.25) is 4.79 Å². The standard InChI is InChI=1S/C22H18F3N3O2/c23-22(24,25)15-3-1-13(2-4-15)7-8-30-16-5-6-19-18(10-16)20(12-27-19)28-21(29)17-9-14(17)11-26/h1-6,10,12,14,17,27H,7-9H2,(H,28,29)/t14-,17+/m1/s1. The number of hydrogen-bond acceptors (Lipinski definition) is 3. The maximum Gasteiger partial charge on any atom is 0.416 e. The number of benzene rings is 2. The van der Waals surface area contributed by atoms with Gasteiger partial charge in [0.2, 0.25) is 5.91 Å². The summed E-state index contributed by atoms with van der Waals surface area (Å²) < 4.78 is 43.6. The molecule has 4 rings (SSSR count). The van der Waals surface area contributed by atoms with Gasteiger partial charge in [0.25, 0.3) is 0 Å². The summed E-state index contributed by atoms with van der Waals surface area (Å²) in [5.74, 6) is -0.0516. The van der Waals surface area contributed by atoms with Gasteiger partial charge < -0.3 is 15.0 Å². The molecule has 1 saturated carbocycles. The number of carbonyl (C=O) groups excluding carboxylic acids is 1. The van der Waals surface area contributed by atoms with Crippen molar-refractivity contribution in [2.24, 2.45) is 11.8 Å². The first-order chi connectivity index (χ1) is 14.3. The summed E-state index contributed by atoms with van der Waals surface area (Å²) in [6.45, 7) is 0.301. The smallest absolute Gasteiger partial charge is 0.416 e. The molecule has 0 aliphatic heterocycles. The van der Waals surface area contributed by atoms with E-state index in [1.54, 1.807) is 18.3 Å². The number of amides is 1. The SMILES string of the molecule is N#C[C@H]1C[C@@H]1C(=O)Nc1c[nH]c2ccc(OCCc3ccc(C(F)(F)F)cc3)cc12. The average Bonchev–Trinajstić information content (AvgIpc) is 3.42. The zero-order chi connectivity index (χ0) is 21.3. The van der Waals surface area contributed by atoms with Gasteiger partial charge in [-0.1, -0.05) is 12.1 Å². The number of halogens is 3. The second kappa shape index (κ2) is 7.75. The highest BCUT2D eigenvalue weighted by molar-refractivity contribution is 6.03. The molecule has 0 spiro atoms. The number of alkyl halides is 3. The average molecular weight is 413 g/mol. The summed E-state index contributed by atoms with van der Waals surface area (Å²) in [4.78, 5) is 15.3. The van der Waals surface area contributed by atoms with Crippen LogP contribution in [0, 0.1) is 23.2 Å². The molecule has 1 aromatic heterocycles. The van der Waals surface area contributed by atoms with Gasteiger partial charge in [0, 0.05) is 23.5 Å². The van der Waals surface area contributed by atoms with Crippen molar-refractivity contribution in [1.82, 2.24) is 4.98 Å². The molecule has 154 valence electrons. The van der Waals surface area contributed by atoms with E-state index in [0.29, 0.717) is 30.9 Å². The number of aromatic amines is 1. The van der Waals surface area contributed by atoms with E-state index in [1.807, 2.05) is 6.07 Å². The third kappa shape index (κ3) is 4.25. The summed E-state index contributed by atoms with van der Waals surface area (Å²) >= 11 is 0. The molecule has 2 aromatic carbocycles. The van der Waals surface area contributed by atoms with E-state index in [1.165, 1.54) is 12.1 Å². The topological polar surface area (TPSA) is 77.9 Å². The van der Waals surface area contributed by atoms with E-state index < -0.39 is 11.7 Å². The molecule has 0 bridgehead atoms. The zero-order valence-corrected chi connectivity index (χ0v) is 15.8. The van der Waals surface area contributed by atoms with Crippen LogP contribution >= 0.6 is 0 Å². The quantitative estimate of drug-likeness (QED) is 0.603. The van der Waals surface area contributed by atoms with Crippen LogP contribution in [0.25, 0.3) is 10.9 Å². The third-order valence-corrected chi connectivity index (χ3v) is 5.14. The Kier molecular flexibility index (Phi) is 5.12. The van der Waals surface area contributed by atoms with Crippen LogP contribution in [0.2, 0.25) is 0 Å². The summed E-state index contributed by atoms with van der Waals surface area (Å²) in [7, 11) is 0. The number of carbonyl (C=O) groups is 1. The molecule has 8 heteroatoms. The number of nitrogens with one attached hydrogen (secondary N) is 2. The fraction of sp³-hybridized carbons (Fsp3) is 0.273. The molecular formula is C22H18F3N3O2. The van der Waals surface area contributed by atoms with Gasteiger partial charge >= 0.3 is 6.18 Å². The third-order valence-electron chi connectivity index (χ3n) is 5.14. The number of ether oxygens (including phenoxy) is 1. The Hall–Kier alpha value is -3.47. The van der Waals surface area contributed by atoms with Gasteiger partial charge in [-0.05, 0) is 42.3 Å². The lowest BCUT2D eigenvalue weighted by Gasteiger charge is -2.09. The van der Waals surface area contributed by atoms with Crippen molar-refractivity contribution in [3.05, 3.63) is 59.8 Å². The van der Waals surface area contributed by atoms with Crippen LogP contribution in [0.5, 0.6) is 5.75 Å². The lowest BCUT2D eigenvalue weighted by molar-refractivity contribution is -0.137. The van der Waals surface area contributed by atoms with Crippen molar-refractivity contribution < 1.29 is 22.7 Å². The lowest BCUT2D eigenvalue weighted by Crippen LogP contribution is -2.14. The fourth-order valence-corrected chi connectivity index (χ4v) is 3.29. The van der Waals surface area contributed by atoms with Crippen LogP contribution in [0.15, 0.2) is 48.7 Å². The molecule has 5 nitrogen and oxygen atoms in total. The molecule has 0 radical (unpaired) electrons.